The molecule has 0 spiro atoms. The number of hydrogen-bond acceptors (Lipinski definition) is 5. The minimum Gasteiger partial charge on any atom is -0.491 e. The standard InChI is InChI=1S/C21H28N2O5S/c1-16(2)28-20-7-5-6-18(12-20)13-22-21(24)15-27-19-10-8-17(9-11-19)14-23(3)29(4,25)26/h5-12,16H,13-15H2,1-4H3,(H,22,24). The van der Waals surface area contributed by atoms with Crippen molar-refractivity contribution >= 4 is 15.9 Å². The van der Waals surface area contributed by atoms with Gasteiger partial charge in [0.2, 0.25) is 10.0 Å². The molecule has 2 aromatic rings. The number of hydrogen-bond donors (Lipinski definition) is 1. The summed E-state index contributed by atoms with van der Waals surface area (Å²) < 4.78 is 35.3. The third-order valence-electron chi connectivity index (χ3n) is 4.02. The van der Waals surface area contributed by atoms with Gasteiger partial charge in [-0.25, -0.2) is 12.7 Å². The van der Waals surface area contributed by atoms with Crippen molar-refractivity contribution in [2.24, 2.45) is 0 Å². The van der Waals surface area contributed by atoms with Crippen molar-refractivity contribution < 1.29 is 22.7 Å². The molecule has 0 saturated carbocycles. The zero-order valence-electron chi connectivity index (χ0n) is 17.2. The average Bonchev–Trinajstić information content (AvgIpc) is 2.65. The summed E-state index contributed by atoms with van der Waals surface area (Å²) in [5.41, 5.74) is 1.77. The molecule has 2 aromatic carbocycles. The Kier molecular flexibility index (Phi) is 8.04. The molecule has 2 rings (SSSR count). The smallest absolute Gasteiger partial charge is 0.258 e. The van der Waals surface area contributed by atoms with Crippen molar-refractivity contribution in [3.63, 3.8) is 0 Å². The summed E-state index contributed by atoms with van der Waals surface area (Å²) >= 11 is 0. The molecule has 0 atom stereocenters. The lowest BCUT2D eigenvalue weighted by Crippen LogP contribution is -2.28. The van der Waals surface area contributed by atoms with E-state index in [2.05, 4.69) is 5.32 Å². The molecule has 0 aliphatic heterocycles. The van der Waals surface area contributed by atoms with Gasteiger partial charge >= 0.3 is 0 Å². The van der Waals surface area contributed by atoms with E-state index in [1.807, 2.05) is 38.1 Å². The maximum absolute atomic E-state index is 12.0. The van der Waals surface area contributed by atoms with E-state index in [0.29, 0.717) is 12.3 Å². The second-order valence-electron chi connectivity index (χ2n) is 7.04. The van der Waals surface area contributed by atoms with E-state index in [4.69, 9.17) is 9.47 Å². The van der Waals surface area contributed by atoms with Crippen LogP contribution < -0.4 is 14.8 Å². The fourth-order valence-electron chi connectivity index (χ4n) is 2.47. The summed E-state index contributed by atoms with van der Waals surface area (Å²) in [5.74, 6) is 1.07. The number of sulfonamides is 1. The molecule has 7 nitrogen and oxygen atoms in total. The lowest BCUT2D eigenvalue weighted by molar-refractivity contribution is -0.123. The van der Waals surface area contributed by atoms with Gasteiger partial charge in [-0.1, -0.05) is 24.3 Å². The number of nitrogens with one attached hydrogen (secondary N) is 1. The number of ether oxygens (including phenoxy) is 2. The van der Waals surface area contributed by atoms with Gasteiger partial charge in [0, 0.05) is 20.1 Å². The molecule has 158 valence electrons. The van der Waals surface area contributed by atoms with Crippen LogP contribution in [0.2, 0.25) is 0 Å². The molecule has 1 N–H and O–H groups in total. The van der Waals surface area contributed by atoms with Crippen LogP contribution in [-0.2, 0) is 27.9 Å². The van der Waals surface area contributed by atoms with Crippen molar-refractivity contribution in [2.45, 2.75) is 33.0 Å². The molecule has 29 heavy (non-hydrogen) atoms. The van der Waals surface area contributed by atoms with Gasteiger partial charge in [-0.15, -0.1) is 0 Å². The monoisotopic (exact) mass is 420 g/mol. The van der Waals surface area contributed by atoms with Crippen molar-refractivity contribution in [1.29, 1.82) is 0 Å². The van der Waals surface area contributed by atoms with Gasteiger partial charge in [0.05, 0.1) is 12.4 Å². The highest BCUT2D eigenvalue weighted by molar-refractivity contribution is 7.88. The Labute approximate surface area is 172 Å². The third-order valence-corrected chi connectivity index (χ3v) is 5.29. The molecule has 0 aliphatic carbocycles. The summed E-state index contributed by atoms with van der Waals surface area (Å²) in [5, 5.41) is 2.81. The van der Waals surface area contributed by atoms with E-state index in [9.17, 15) is 13.2 Å². The topological polar surface area (TPSA) is 84.9 Å². The van der Waals surface area contributed by atoms with E-state index >= 15 is 0 Å². The van der Waals surface area contributed by atoms with Crippen molar-refractivity contribution in [2.75, 3.05) is 19.9 Å². The number of carbonyl (C=O) groups is 1. The summed E-state index contributed by atoms with van der Waals surface area (Å²) in [6, 6.07) is 14.6. The number of carbonyl (C=O) groups excluding carboxylic acids is 1. The Morgan fingerprint density at radius 3 is 2.38 bits per heavy atom. The second kappa shape index (κ2) is 10.3. The van der Waals surface area contributed by atoms with Crippen molar-refractivity contribution in [1.82, 2.24) is 9.62 Å². The first kappa shape index (κ1) is 22.7. The summed E-state index contributed by atoms with van der Waals surface area (Å²) in [4.78, 5) is 12.0. The maximum atomic E-state index is 12.0. The third kappa shape index (κ3) is 8.13. The highest BCUT2D eigenvalue weighted by Crippen LogP contribution is 2.15. The van der Waals surface area contributed by atoms with Crippen LogP contribution in [-0.4, -0.2) is 44.6 Å². The van der Waals surface area contributed by atoms with E-state index in [0.717, 1.165) is 23.1 Å². The first-order chi connectivity index (χ1) is 13.6. The number of rotatable bonds is 10. The SMILES string of the molecule is CC(C)Oc1cccc(CNC(=O)COc2ccc(CN(C)S(C)(=O)=O)cc2)c1. The van der Waals surface area contributed by atoms with Crippen LogP contribution >= 0.6 is 0 Å². The Morgan fingerprint density at radius 2 is 1.76 bits per heavy atom. The molecular formula is C21H28N2O5S. The van der Waals surface area contributed by atoms with Crippen LogP contribution in [0.1, 0.15) is 25.0 Å². The number of benzene rings is 2. The van der Waals surface area contributed by atoms with Gasteiger partial charge in [-0.05, 0) is 49.2 Å². The van der Waals surface area contributed by atoms with Gasteiger partial charge in [0.15, 0.2) is 6.61 Å². The van der Waals surface area contributed by atoms with Gasteiger partial charge in [0.1, 0.15) is 11.5 Å². The molecule has 0 heterocycles. The zero-order valence-corrected chi connectivity index (χ0v) is 18.0. The predicted molar refractivity (Wildman–Crippen MR) is 112 cm³/mol. The molecule has 0 unspecified atom stereocenters. The zero-order chi connectivity index (χ0) is 21.4. The Morgan fingerprint density at radius 1 is 1.07 bits per heavy atom. The fourth-order valence-corrected chi connectivity index (χ4v) is 2.85. The van der Waals surface area contributed by atoms with Gasteiger partial charge in [-0.2, -0.15) is 0 Å². The Balaban J connectivity index is 1.79. The summed E-state index contributed by atoms with van der Waals surface area (Å²) in [6.07, 6.45) is 1.25. The molecule has 0 fully saturated rings. The van der Waals surface area contributed by atoms with E-state index < -0.39 is 10.0 Å². The summed E-state index contributed by atoms with van der Waals surface area (Å²) in [6.45, 7) is 4.47. The molecule has 0 saturated heterocycles. The van der Waals surface area contributed by atoms with Crippen LogP contribution in [0.3, 0.4) is 0 Å². The number of amides is 1. The Bertz CT molecular complexity index is 911. The normalized spacial score (nSPS) is 11.5. The quantitative estimate of drug-likeness (QED) is 0.639. The van der Waals surface area contributed by atoms with E-state index in [1.165, 1.54) is 11.4 Å². The van der Waals surface area contributed by atoms with Crippen LogP contribution in [0.25, 0.3) is 0 Å². The summed E-state index contributed by atoms with van der Waals surface area (Å²) in [7, 11) is -1.71. The van der Waals surface area contributed by atoms with Crippen LogP contribution in [0.5, 0.6) is 11.5 Å². The van der Waals surface area contributed by atoms with Crippen molar-refractivity contribution in [3.05, 3.63) is 59.7 Å². The lowest BCUT2D eigenvalue weighted by Gasteiger charge is -2.14. The predicted octanol–water partition coefficient (Wildman–Crippen LogP) is 2.56. The van der Waals surface area contributed by atoms with E-state index in [1.54, 1.807) is 24.3 Å². The minimum absolute atomic E-state index is 0.0893. The highest BCUT2D eigenvalue weighted by atomic mass is 32.2. The molecule has 0 aliphatic rings. The molecule has 0 bridgehead atoms. The maximum Gasteiger partial charge on any atom is 0.258 e. The van der Waals surface area contributed by atoms with Crippen LogP contribution in [0.15, 0.2) is 48.5 Å². The molecule has 8 heteroatoms. The first-order valence-corrected chi connectivity index (χ1v) is 11.1. The first-order valence-electron chi connectivity index (χ1n) is 9.29. The van der Waals surface area contributed by atoms with Crippen LogP contribution in [0, 0.1) is 0 Å². The van der Waals surface area contributed by atoms with Crippen LogP contribution in [0.4, 0.5) is 0 Å². The molecule has 1 amide bonds. The molecular weight excluding hydrogens is 392 g/mol. The average molecular weight is 421 g/mol. The van der Waals surface area contributed by atoms with E-state index in [-0.39, 0.29) is 25.2 Å². The highest BCUT2D eigenvalue weighted by Gasteiger charge is 2.11. The van der Waals surface area contributed by atoms with Gasteiger partial charge in [-0.3, -0.25) is 4.79 Å². The lowest BCUT2D eigenvalue weighted by atomic mass is 10.2. The minimum atomic E-state index is -3.23. The Hall–Kier alpha value is -2.58. The molecule has 0 radical (unpaired) electrons. The fraction of sp³-hybridized carbons (Fsp3) is 0.381. The van der Waals surface area contributed by atoms with Gasteiger partial charge < -0.3 is 14.8 Å². The number of nitrogens with zero attached hydrogens (tertiary/aromatic N) is 1. The second-order valence-corrected chi connectivity index (χ2v) is 9.13. The molecule has 0 aromatic heterocycles. The van der Waals surface area contributed by atoms with Gasteiger partial charge in [0.25, 0.3) is 5.91 Å². The van der Waals surface area contributed by atoms with Crippen molar-refractivity contribution in [3.8, 4) is 11.5 Å². The largest absolute Gasteiger partial charge is 0.491 e.